The summed E-state index contributed by atoms with van der Waals surface area (Å²) in [6.07, 6.45) is 6.18. The lowest BCUT2D eigenvalue weighted by Crippen LogP contribution is -2.46. The largest absolute Gasteiger partial charge is 0.467 e. The highest BCUT2D eigenvalue weighted by Crippen LogP contribution is 2.53. The van der Waals surface area contributed by atoms with Crippen molar-refractivity contribution in [2.75, 3.05) is 7.11 Å². The van der Waals surface area contributed by atoms with E-state index in [1.165, 1.54) is 12.0 Å². The Hall–Kier alpha value is -1.65. The van der Waals surface area contributed by atoms with Crippen molar-refractivity contribution in [3.05, 3.63) is 12.2 Å². The number of esters is 1. The van der Waals surface area contributed by atoms with Gasteiger partial charge in [0.05, 0.1) is 18.9 Å². The maximum atomic E-state index is 12.6. The third kappa shape index (κ3) is 1.65. The molecule has 1 saturated carbocycles. The molecule has 3 aliphatic rings. The molecule has 0 spiro atoms. The number of allylic oxidation sites excluding steroid dienone is 2. The Balaban J connectivity index is 1.90. The fraction of sp³-hybridized carbons (Fsp3) is 0.667. The van der Waals surface area contributed by atoms with Gasteiger partial charge in [-0.15, -0.1) is 0 Å². The zero-order chi connectivity index (χ0) is 14.4. The van der Waals surface area contributed by atoms with Crippen LogP contribution in [0.4, 0.5) is 0 Å². The van der Waals surface area contributed by atoms with Crippen LogP contribution in [-0.2, 0) is 19.1 Å². The van der Waals surface area contributed by atoms with Crippen LogP contribution >= 0.6 is 0 Å². The number of methoxy groups -OCH3 is 1. The average molecular weight is 277 g/mol. The molecule has 2 aliphatic carbocycles. The third-order valence-corrected chi connectivity index (χ3v) is 4.85. The monoisotopic (exact) mass is 277 g/mol. The van der Waals surface area contributed by atoms with Crippen molar-refractivity contribution in [1.82, 2.24) is 4.90 Å². The molecule has 1 heterocycles. The molecule has 0 aromatic heterocycles. The molecular formula is C15H19NO4. The van der Waals surface area contributed by atoms with Gasteiger partial charge in [0.2, 0.25) is 11.8 Å². The van der Waals surface area contributed by atoms with Crippen LogP contribution in [0.25, 0.3) is 0 Å². The van der Waals surface area contributed by atoms with Crippen LogP contribution in [0.15, 0.2) is 12.2 Å². The summed E-state index contributed by atoms with van der Waals surface area (Å²) in [7, 11) is 1.29. The van der Waals surface area contributed by atoms with E-state index in [-0.39, 0.29) is 35.5 Å². The predicted octanol–water partition coefficient (Wildman–Crippen LogP) is 1.14. The molecule has 5 nitrogen and oxygen atoms in total. The van der Waals surface area contributed by atoms with Crippen molar-refractivity contribution in [2.45, 2.75) is 32.2 Å². The van der Waals surface area contributed by atoms with Crippen LogP contribution in [0.2, 0.25) is 0 Å². The zero-order valence-electron chi connectivity index (χ0n) is 11.7. The standard InChI is InChI=1S/C15H19NO4/c1-3-4-10(15(19)20-2)16-13(17)11-8-5-6-9(7-8)12(11)14(16)18/h5-6,8-12H,3-4,7H2,1-2H3/t8-,9+,10-,11+,12-/m0/s1. The number of ether oxygens (including phenoxy) is 1. The van der Waals surface area contributed by atoms with Gasteiger partial charge in [0, 0.05) is 0 Å². The molecular weight excluding hydrogens is 258 g/mol. The van der Waals surface area contributed by atoms with Crippen molar-refractivity contribution in [3.63, 3.8) is 0 Å². The van der Waals surface area contributed by atoms with Crippen molar-refractivity contribution in [3.8, 4) is 0 Å². The smallest absolute Gasteiger partial charge is 0.329 e. The van der Waals surface area contributed by atoms with Gasteiger partial charge in [-0.3, -0.25) is 14.5 Å². The fourth-order valence-electron chi connectivity index (χ4n) is 3.99. The van der Waals surface area contributed by atoms with Crippen molar-refractivity contribution < 1.29 is 19.1 Å². The summed E-state index contributed by atoms with van der Waals surface area (Å²) in [4.78, 5) is 38.3. The van der Waals surface area contributed by atoms with Gasteiger partial charge >= 0.3 is 5.97 Å². The van der Waals surface area contributed by atoms with E-state index in [2.05, 4.69) is 0 Å². The van der Waals surface area contributed by atoms with Gasteiger partial charge in [0.1, 0.15) is 6.04 Å². The molecule has 2 amide bonds. The number of carbonyl (C=O) groups is 3. The number of amides is 2. The molecule has 0 aromatic rings. The van der Waals surface area contributed by atoms with E-state index in [0.29, 0.717) is 6.42 Å². The molecule has 1 aliphatic heterocycles. The van der Waals surface area contributed by atoms with Crippen molar-refractivity contribution in [2.24, 2.45) is 23.7 Å². The molecule has 2 fully saturated rings. The van der Waals surface area contributed by atoms with E-state index in [1.54, 1.807) is 0 Å². The quantitative estimate of drug-likeness (QED) is 0.439. The number of fused-ring (bicyclic) bond motifs is 5. The summed E-state index contributed by atoms with van der Waals surface area (Å²) < 4.78 is 4.76. The number of rotatable bonds is 4. The molecule has 20 heavy (non-hydrogen) atoms. The van der Waals surface area contributed by atoms with Crippen LogP contribution in [0.3, 0.4) is 0 Å². The van der Waals surface area contributed by atoms with E-state index in [9.17, 15) is 14.4 Å². The summed E-state index contributed by atoms with van der Waals surface area (Å²) in [5.41, 5.74) is 0. The molecule has 5 heteroatoms. The van der Waals surface area contributed by atoms with Gasteiger partial charge < -0.3 is 4.74 Å². The normalized spacial score (nSPS) is 35.6. The van der Waals surface area contributed by atoms with Crippen molar-refractivity contribution >= 4 is 17.8 Å². The molecule has 2 bridgehead atoms. The molecule has 1 saturated heterocycles. The van der Waals surface area contributed by atoms with Gasteiger partial charge in [-0.1, -0.05) is 25.5 Å². The summed E-state index contributed by atoms with van der Waals surface area (Å²) >= 11 is 0. The number of nitrogens with zero attached hydrogens (tertiary/aromatic N) is 1. The fourth-order valence-corrected chi connectivity index (χ4v) is 3.99. The van der Waals surface area contributed by atoms with E-state index in [0.717, 1.165) is 12.8 Å². The van der Waals surface area contributed by atoms with Gasteiger partial charge in [-0.25, -0.2) is 4.79 Å². The zero-order valence-corrected chi connectivity index (χ0v) is 11.7. The maximum absolute atomic E-state index is 12.6. The number of carbonyl (C=O) groups excluding carboxylic acids is 3. The van der Waals surface area contributed by atoms with E-state index < -0.39 is 12.0 Å². The minimum Gasteiger partial charge on any atom is -0.467 e. The van der Waals surface area contributed by atoms with Crippen LogP contribution in [0.5, 0.6) is 0 Å². The summed E-state index contributed by atoms with van der Waals surface area (Å²) in [6.45, 7) is 1.92. The lowest BCUT2D eigenvalue weighted by molar-refractivity contribution is -0.157. The van der Waals surface area contributed by atoms with Crippen LogP contribution in [0, 0.1) is 23.7 Å². The topological polar surface area (TPSA) is 63.7 Å². The van der Waals surface area contributed by atoms with E-state index >= 15 is 0 Å². The van der Waals surface area contributed by atoms with E-state index in [1.807, 2.05) is 19.1 Å². The van der Waals surface area contributed by atoms with Gasteiger partial charge in [-0.05, 0) is 24.7 Å². The minimum absolute atomic E-state index is 0.173. The second-order valence-corrected chi connectivity index (χ2v) is 5.87. The van der Waals surface area contributed by atoms with Gasteiger partial charge in [0.25, 0.3) is 0 Å². The highest BCUT2D eigenvalue weighted by atomic mass is 16.5. The van der Waals surface area contributed by atoms with Gasteiger partial charge in [-0.2, -0.15) is 0 Å². The maximum Gasteiger partial charge on any atom is 0.329 e. The molecule has 5 atom stereocenters. The number of likely N-dealkylation sites (tertiary alicyclic amines) is 1. The molecule has 0 radical (unpaired) electrons. The SMILES string of the molecule is CCC[C@@H](C(=O)OC)N1C(=O)[C@@H]2[C@H](C1=O)[C@H]1C=C[C@@H]2C1. The molecule has 0 N–H and O–H groups in total. The second-order valence-electron chi connectivity index (χ2n) is 5.87. The van der Waals surface area contributed by atoms with E-state index in [4.69, 9.17) is 4.74 Å². The highest BCUT2D eigenvalue weighted by Gasteiger charge is 2.61. The first kappa shape index (κ1) is 13.3. The Morgan fingerprint density at radius 2 is 1.85 bits per heavy atom. The minimum atomic E-state index is -0.755. The van der Waals surface area contributed by atoms with Crippen LogP contribution < -0.4 is 0 Å². The average Bonchev–Trinajstić information content (AvgIpc) is 3.11. The summed E-state index contributed by atoms with van der Waals surface area (Å²) in [5.74, 6) is -1.00. The first-order chi connectivity index (χ1) is 9.60. The highest BCUT2D eigenvalue weighted by molar-refractivity contribution is 6.08. The predicted molar refractivity (Wildman–Crippen MR) is 70.3 cm³/mol. The molecule has 0 unspecified atom stereocenters. The lowest BCUT2D eigenvalue weighted by Gasteiger charge is -2.25. The summed E-state index contributed by atoms with van der Waals surface area (Å²) in [6, 6.07) is -0.755. The number of imide groups is 1. The molecule has 108 valence electrons. The Bertz CT molecular complexity index is 468. The number of hydrogen-bond donors (Lipinski definition) is 0. The first-order valence-electron chi connectivity index (χ1n) is 7.23. The Kier molecular flexibility index (Phi) is 3.15. The van der Waals surface area contributed by atoms with Gasteiger partial charge in [0.15, 0.2) is 0 Å². The Morgan fingerprint density at radius 3 is 2.30 bits per heavy atom. The molecule has 0 aromatic carbocycles. The Labute approximate surface area is 117 Å². The third-order valence-electron chi connectivity index (χ3n) is 4.85. The first-order valence-corrected chi connectivity index (χ1v) is 7.23. The van der Waals surface area contributed by atoms with Crippen LogP contribution in [-0.4, -0.2) is 35.8 Å². The van der Waals surface area contributed by atoms with Crippen molar-refractivity contribution in [1.29, 1.82) is 0 Å². The Morgan fingerprint density at radius 1 is 1.30 bits per heavy atom. The van der Waals surface area contributed by atoms with Crippen LogP contribution in [0.1, 0.15) is 26.2 Å². The second kappa shape index (κ2) is 4.72. The summed E-state index contributed by atoms with van der Waals surface area (Å²) in [5, 5.41) is 0. The molecule has 3 rings (SSSR count). The number of hydrogen-bond acceptors (Lipinski definition) is 4. The lowest BCUT2D eigenvalue weighted by atomic mass is 9.85.